The molecule has 4 aliphatic rings. The van der Waals surface area contributed by atoms with E-state index in [0.29, 0.717) is 25.4 Å². The first-order valence-corrected chi connectivity index (χ1v) is 8.83. The molecule has 5 rings (SSSR count). The third-order valence-corrected chi connectivity index (χ3v) is 5.91. The highest BCUT2D eigenvalue weighted by Gasteiger charge is 2.45. The lowest BCUT2D eigenvalue weighted by atomic mass is 10.0. The van der Waals surface area contributed by atoms with Crippen molar-refractivity contribution in [2.75, 3.05) is 44.5 Å². The summed E-state index contributed by atoms with van der Waals surface area (Å²) in [6.07, 6.45) is 2.28. The molecule has 4 heterocycles. The third kappa shape index (κ3) is 2.32. The van der Waals surface area contributed by atoms with Crippen LogP contribution in [0.1, 0.15) is 12.8 Å². The molecule has 0 unspecified atom stereocenters. The largest absolute Gasteiger partial charge is 0.465 e. The van der Waals surface area contributed by atoms with Gasteiger partial charge < -0.3 is 19.1 Å². The maximum atomic E-state index is 11.7. The number of anilines is 1. The standard InChI is InChI=1S/C18H22N2O4/c21-18-15-9-20(8-12(15)10-22-18)13-3-5-19(6-4-13)14-1-2-16-17(7-14)24-11-23-16/h1-2,7,12-13,15H,3-6,8-11H2/t12-,15-/m1/s1. The molecule has 4 aliphatic heterocycles. The zero-order valence-corrected chi connectivity index (χ0v) is 13.6. The van der Waals surface area contributed by atoms with Crippen molar-refractivity contribution >= 4 is 11.7 Å². The molecule has 6 nitrogen and oxygen atoms in total. The number of nitrogens with zero attached hydrogens (tertiary/aromatic N) is 2. The summed E-state index contributed by atoms with van der Waals surface area (Å²) in [5.74, 6) is 2.24. The van der Waals surface area contributed by atoms with E-state index in [9.17, 15) is 4.79 Å². The van der Waals surface area contributed by atoms with Crippen LogP contribution in [0.2, 0.25) is 0 Å². The van der Waals surface area contributed by atoms with Gasteiger partial charge in [-0.15, -0.1) is 0 Å². The fraction of sp³-hybridized carbons (Fsp3) is 0.611. The lowest BCUT2D eigenvalue weighted by Crippen LogP contribution is -2.44. The predicted molar refractivity (Wildman–Crippen MR) is 87.3 cm³/mol. The Hall–Kier alpha value is -1.95. The summed E-state index contributed by atoms with van der Waals surface area (Å²) in [4.78, 5) is 16.7. The lowest BCUT2D eigenvalue weighted by Gasteiger charge is -2.38. The van der Waals surface area contributed by atoms with Crippen molar-refractivity contribution in [2.24, 2.45) is 11.8 Å². The van der Waals surface area contributed by atoms with Crippen LogP contribution in [0.4, 0.5) is 5.69 Å². The highest BCUT2D eigenvalue weighted by atomic mass is 16.7. The molecular weight excluding hydrogens is 308 g/mol. The molecule has 6 heteroatoms. The lowest BCUT2D eigenvalue weighted by molar-refractivity contribution is -0.141. The van der Waals surface area contributed by atoms with E-state index in [1.165, 1.54) is 5.69 Å². The Bertz CT molecular complexity index is 656. The molecule has 3 fully saturated rings. The first kappa shape index (κ1) is 14.4. The number of hydrogen-bond acceptors (Lipinski definition) is 6. The van der Waals surface area contributed by atoms with E-state index in [4.69, 9.17) is 14.2 Å². The Labute approximate surface area is 141 Å². The summed E-state index contributed by atoms with van der Waals surface area (Å²) < 4.78 is 16.0. The summed E-state index contributed by atoms with van der Waals surface area (Å²) in [5.41, 5.74) is 1.21. The number of likely N-dealkylation sites (tertiary alicyclic amines) is 1. The van der Waals surface area contributed by atoms with Gasteiger partial charge in [0.05, 0.1) is 12.5 Å². The molecule has 2 atom stereocenters. The van der Waals surface area contributed by atoms with Gasteiger partial charge in [0.1, 0.15) is 0 Å². The van der Waals surface area contributed by atoms with Crippen LogP contribution >= 0.6 is 0 Å². The zero-order chi connectivity index (χ0) is 16.1. The van der Waals surface area contributed by atoms with Crippen molar-refractivity contribution in [2.45, 2.75) is 18.9 Å². The van der Waals surface area contributed by atoms with Crippen LogP contribution in [0.5, 0.6) is 11.5 Å². The first-order chi connectivity index (χ1) is 11.8. The van der Waals surface area contributed by atoms with Crippen LogP contribution in [0.25, 0.3) is 0 Å². The molecule has 0 radical (unpaired) electrons. The van der Waals surface area contributed by atoms with Gasteiger partial charge in [-0.3, -0.25) is 9.69 Å². The number of carbonyl (C=O) groups excluding carboxylic acids is 1. The second-order valence-electron chi connectivity index (χ2n) is 7.21. The van der Waals surface area contributed by atoms with Gasteiger partial charge in [0.25, 0.3) is 0 Å². The number of ether oxygens (including phenoxy) is 3. The SMILES string of the molecule is O=C1OC[C@H]2CN(C3CCN(c4ccc5c(c4)OCO5)CC3)C[C@@H]12. The highest BCUT2D eigenvalue weighted by Crippen LogP contribution is 2.37. The molecule has 0 aliphatic carbocycles. The number of rotatable bonds is 2. The Balaban J connectivity index is 1.21. The van der Waals surface area contributed by atoms with Gasteiger partial charge in [0.15, 0.2) is 11.5 Å². The Morgan fingerprint density at radius 2 is 1.83 bits per heavy atom. The van der Waals surface area contributed by atoms with Crippen molar-refractivity contribution in [1.82, 2.24) is 4.90 Å². The number of fused-ring (bicyclic) bond motifs is 2. The van der Waals surface area contributed by atoms with Crippen LogP contribution in [0.15, 0.2) is 18.2 Å². The number of benzene rings is 1. The van der Waals surface area contributed by atoms with Gasteiger partial charge in [-0.2, -0.15) is 0 Å². The molecule has 1 aromatic rings. The molecule has 1 aromatic carbocycles. The van der Waals surface area contributed by atoms with Crippen LogP contribution in [-0.2, 0) is 9.53 Å². The zero-order valence-electron chi connectivity index (χ0n) is 13.6. The third-order valence-electron chi connectivity index (χ3n) is 5.91. The van der Waals surface area contributed by atoms with E-state index in [0.717, 1.165) is 50.5 Å². The summed E-state index contributed by atoms with van der Waals surface area (Å²) >= 11 is 0. The minimum Gasteiger partial charge on any atom is -0.465 e. The molecule has 0 amide bonds. The monoisotopic (exact) mass is 330 g/mol. The minimum atomic E-state index is 0.0142. The Kier molecular flexibility index (Phi) is 3.33. The first-order valence-electron chi connectivity index (χ1n) is 8.83. The Morgan fingerprint density at radius 3 is 2.67 bits per heavy atom. The maximum absolute atomic E-state index is 11.7. The number of piperidine rings is 1. The van der Waals surface area contributed by atoms with Gasteiger partial charge in [-0.05, 0) is 25.0 Å². The smallest absolute Gasteiger partial charge is 0.310 e. The minimum absolute atomic E-state index is 0.0142. The fourth-order valence-electron chi connectivity index (χ4n) is 4.51. The van der Waals surface area contributed by atoms with Gasteiger partial charge >= 0.3 is 5.97 Å². The van der Waals surface area contributed by atoms with Gasteiger partial charge in [0.2, 0.25) is 6.79 Å². The molecule has 0 saturated carbocycles. The van der Waals surface area contributed by atoms with Gasteiger partial charge in [0, 0.05) is 49.9 Å². The molecule has 3 saturated heterocycles. The summed E-state index contributed by atoms with van der Waals surface area (Å²) in [6.45, 7) is 4.93. The van der Waals surface area contributed by atoms with Crippen molar-refractivity contribution in [3.05, 3.63) is 18.2 Å². The van der Waals surface area contributed by atoms with E-state index < -0.39 is 0 Å². The fourth-order valence-corrected chi connectivity index (χ4v) is 4.51. The predicted octanol–water partition coefficient (Wildman–Crippen LogP) is 1.49. The van der Waals surface area contributed by atoms with Crippen molar-refractivity contribution in [1.29, 1.82) is 0 Å². The molecule has 128 valence electrons. The molecule has 0 bridgehead atoms. The molecule has 24 heavy (non-hydrogen) atoms. The summed E-state index contributed by atoms with van der Waals surface area (Å²) in [7, 11) is 0. The second-order valence-corrected chi connectivity index (χ2v) is 7.21. The Morgan fingerprint density at radius 1 is 1.00 bits per heavy atom. The van der Waals surface area contributed by atoms with E-state index in [2.05, 4.69) is 21.9 Å². The topological polar surface area (TPSA) is 51.2 Å². The van der Waals surface area contributed by atoms with Crippen LogP contribution in [0, 0.1) is 11.8 Å². The number of esters is 1. The van der Waals surface area contributed by atoms with E-state index in [1.54, 1.807) is 0 Å². The molecule has 0 N–H and O–H groups in total. The quantitative estimate of drug-likeness (QED) is 0.766. The summed E-state index contributed by atoms with van der Waals surface area (Å²) in [6, 6.07) is 6.79. The van der Waals surface area contributed by atoms with Crippen molar-refractivity contribution in [3.8, 4) is 11.5 Å². The average Bonchev–Trinajstić information content (AvgIpc) is 3.32. The average molecular weight is 330 g/mol. The van der Waals surface area contributed by atoms with Crippen LogP contribution in [-0.4, -0.2) is 56.5 Å². The maximum Gasteiger partial charge on any atom is 0.310 e. The highest BCUT2D eigenvalue weighted by molar-refractivity contribution is 5.75. The van der Waals surface area contributed by atoms with E-state index >= 15 is 0 Å². The molecular formula is C18H22N2O4. The number of cyclic esters (lactones) is 1. The van der Waals surface area contributed by atoms with Crippen molar-refractivity contribution < 1.29 is 19.0 Å². The summed E-state index contributed by atoms with van der Waals surface area (Å²) in [5, 5.41) is 0. The van der Waals surface area contributed by atoms with E-state index in [-0.39, 0.29) is 11.9 Å². The normalized spacial score (nSPS) is 29.8. The second kappa shape index (κ2) is 5.55. The van der Waals surface area contributed by atoms with Gasteiger partial charge in [-0.25, -0.2) is 0 Å². The van der Waals surface area contributed by atoms with Crippen LogP contribution in [0.3, 0.4) is 0 Å². The van der Waals surface area contributed by atoms with E-state index in [1.807, 2.05) is 6.07 Å². The molecule has 0 aromatic heterocycles. The number of hydrogen-bond donors (Lipinski definition) is 0. The van der Waals surface area contributed by atoms with Crippen LogP contribution < -0.4 is 14.4 Å². The number of carbonyl (C=O) groups is 1. The van der Waals surface area contributed by atoms with Gasteiger partial charge in [-0.1, -0.05) is 0 Å². The van der Waals surface area contributed by atoms with Crippen molar-refractivity contribution in [3.63, 3.8) is 0 Å². The molecule has 0 spiro atoms.